The number of benzene rings is 2. The molecule has 3 atom stereocenters. The number of hydrogen-bond donors (Lipinski definition) is 2. The summed E-state index contributed by atoms with van der Waals surface area (Å²) in [5.41, 5.74) is 4.70. The molecule has 0 unspecified atom stereocenters. The van der Waals surface area contributed by atoms with E-state index in [9.17, 15) is 4.79 Å². The smallest absolute Gasteiger partial charge is 0.270 e. The maximum Gasteiger partial charge on any atom is 0.270 e. The summed E-state index contributed by atoms with van der Waals surface area (Å²) < 4.78 is 0. The van der Waals surface area contributed by atoms with Crippen LogP contribution in [0.4, 0.5) is 0 Å². The zero-order valence-corrected chi connectivity index (χ0v) is 17.7. The molecule has 0 saturated heterocycles. The summed E-state index contributed by atoms with van der Waals surface area (Å²) >= 11 is 0. The van der Waals surface area contributed by atoms with Gasteiger partial charge in [-0.3, -0.25) is 4.79 Å². The maximum atomic E-state index is 13.3. The average molecular weight is 402 g/mol. The van der Waals surface area contributed by atoms with Crippen molar-refractivity contribution in [1.29, 1.82) is 0 Å². The normalized spacial score (nSPS) is 23.4. The van der Waals surface area contributed by atoms with Gasteiger partial charge in [-0.25, -0.2) is 0 Å². The first-order chi connectivity index (χ1) is 14.7. The van der Waals surface area contributed by atoms with Gasteiger partial charge < -0.3 is 15.2 Å². The third kappa shape index (κ3) is 3.65. The van der Waals surface area contributed by atoms with Gasteiger partial charge in [0.15, 0.2) is 0 Å². The summed E-state index contributed by atoms with van der Waals surface area (Å²) in [4.78, 5) is 18.7. The number of hydrogen-bond acceptors (Lipinski definition) is 2. The minimum atomic E-state index is 0.130. The van der Waals surface area contributed by atoms with E-state index in [2.05, 4.69) is 52.5 Å². The number of aromatic nitrogens is 1. The molecule has 30 heavy (non-hydrogen) atoms. The van der Waals surface area contributed by atoms with Crippen LogP contribution in [0.2, 0.25) is 0 Å². The highest BCUT2D eigenvalue weighted by atomic mass is 16.2. The van der Waals surface area contributed by atoms with Crippen molar-refractivity contribution in [3.63, 3.8) is 0 Å². The summed E-state index contributed by atoms with van der Waals surface area (Å²) in [5.74, 6) is 0.130. The average Bonchev–Trinajstić information content (AvgIpc) is 3.39. The Balaban J connectivity index is 1.29. The molecule has 0 aliphatic heterocycles. The molecule has 1 fully saturated rings. The largest absolute Gasteiger partial charge is 0.351 e. The molecule has 1 saturated carbocycles. The van der Waals surface area contributed by atoms with Crippen LogP contribution in [0.5, 0.6) is 0 Å². The zero-order valence-electron chi connectivity index (χ0n) is 17.7. The Bertz CT molecular complexity index is 1010. The van der Waals surface area contributed by atoms with Crippen LogP contribution in [-0.2, 0) is 6.42 Å². The first-order valence-corrected chi connectivity index (χ1v) is 11.5. The van der Waals surface area contributed by atoms with Crippen molar-refractivity contribution in [3.05, 3.63) is 71.4 Å². The third-order valence-electron chi connectivity index (χ3n) is 7.02. The Kier molecular flexibility index (Phi) is 5.34. The van der Waals surface area contributed by atoms with Gasteiger partial charge in [0, 0.05) is 35.6 Å². The quantitative estimate of drug-likeness (QED) is 0.616. The monoisotopic (exact) mass is 401 g/mol. The van der Waals surface area contributed by atoms with Gasteiger partial charge in [0.2, 0.25) is 0 Å². The van der Waals surface area contributed by atoms with E-state index in [1.807, 2.05) is 24.3 Å². The number of H-pyrrole nitrogens is 1. The van der Waals surface area contributed by atoms with Crippen LogP contribution in [0.15, 0.2) is 54.6 Å². The van der Waals surface area contributed by atoms with Gasteiger partial charge in [-0.05, 0) is 68.7 Å². The van der Waals surface area contributed by atoms with E-state index in [0.717, 1.165) is 30.3 Å². The molecule has 0 radical (unpaired) electrons. The number of para-hydroxylation sites is 1. The first-order valence-electron chi connectivity index (χ1n) is 11.5. The van der Waals surface area contributed by atoms with Crippen LogP contribution in [-0.4, -0.2) is 34.4 Å². The highest BCUT2D eigenvalue weighted by molar-refractivity contribution is 5.98. The maximum absolute atomic E-state index is 13.3. The molecule has 2 aliphatic carbocycles. The van der Waals surface area contributed by atoms with Gasteiger partial charge in [0.1, 0.15) is 5.69 Å². The van der Waals surface area contributed by atoms with Crippen molar-refractivity contribution in [2.24, 2.45) is 0 Å². The molecule has 1 aromatic heterocycles. The van der Waals surface area contributed by atoms with Crippen LogP contribution in [0.3, 0.4) is 0 Å². The highest BCUT2D eigenvalue weighted by Gasteiger charge is 2.32. The van der Waals surface area contributed by atoms with Crippen molar-refractivity contribution >= 4 is 16.8 Å². The molecule has 5 rings (SSSR count). The molecule has 3 aromatic rings. The Morgan fingerprint density at radius 1 is 1.10 bits per heavy atom. The number of nitrogens with one attached hydrogen (secondary N) is 2. The van der Waals surface area contributed by atoms with E-state index in [0.29, 0.717) is 23.8 Å². The van der Waals surface area contributed by atoms with Gasteiger partial charge in [-0.1, -0.05) is 42.5 Å². The topological polar surface area (TPSA) is 48.1 Å². The van der Waals surface area contributed by atoms with E-state index in [4.69, 9.17) is 0 Å². The van der Waals surface area contributed by atoms with E-state index in [1.165, 1.54) is 36.8 Å². The van der Waals surface area contributed by atoms with Crippen molar-refractivity contribution in [1.82, 2.24) is 15.2 Å². The summed E-state index contributed by atoms with van der Waals surface area (Å²) in [6.07, 6.45) is 6.87. The highest BCUT2D eigenvalue weighted by Crippen LogP contribution is 2.33. The summed E-state index contributed by atoms with van der Waals surface area (Å²) in [5, 5.41) is 5.03. The molecule has 0 spiro atoms. The number of rotatable bonds is 5. The second-order valence-corrected chi connectivity index (χ2v) is 8.84. The molecule has 0 bridgehead atoms. The number of aromatic amines is 1. The fourth-order valence-electron chi connectivity index (χ4n) is 5.52. The number of fused-ring (bicyclic) bond motifs is 2. The van der Waals surface area contributed by atoms with Gasteiger partial charge >= 0.3 is 0 Å². The van der Waals surface area contributed by atoms with Gasteiger partial charge in [0.05, 0.1) is 0 Å². The molecule has 2 N–H and O–H groups in total. The van der Waals surface area contributed by atoms with Crippen LogP contribution in [0.25, 0.3) is 10.9 Å². The minimum absolute atomic E-state index is 0.130. The lowest BCUT2D eigenvalue weighted by atomic mass is 9.89. The van der Waals surface area contributed by atoms with Crippen LogP contribution >= 0.6 is 0 Å². The number of nitrogens with zero attached hydrogens (tertiary/aromatic N) is 1. The molecule has 4 heteroatoms. The third-order valence-corrected chi connectivity index (χ3v) is 7.02. The van der Waals surface area contributed by atoms with Crippen molar-refractivity contribution in [3.8, 4) is 0 Å². The molecule has 2 aliphatic rings. The molecule has 1 heterocycles. The van der Waals surface area contributed by atoms with Crippen LogP contribution in [0.1, 0.15) is 66.7 Å². The van der Waals surface area contributed by atoms with Crippen LogP contribution in [0, 0.1) is 0 Å². The number of carbonyl (C=O) groups is 1. The summed E-state index contributed by atoms with van der Waals surface area (Å²) in [6, 6.07) is 20.2. The van der Waals surface area contributed by atoms with Gasteiger partial charge in [0.25, 0.3) is 5.91 Å². The molecular formula is C26H31N3O. The fourth-order valence-corrected chi connectivity index (χ4v) is 5.52. The summed E-state index contributed by atoms with van der Waals surface area (Å²) in [6.45, 7) is 2.85. The SMILES string of the molecule is CCN(C(=O)c1cc2ccccc2[nH]1)[C@H]1CCC[C@H](N[C@H]2CCc3ccccc32)C1. The second-order valence-electron chi connectivity index (χ2n) is 8.84. The Labute approximate surface area is 178 Å². The fraction of sp³-hybridized carbons (Fsp3) is 0.423. The number of aryl methyl sites for hydroxylation is 1. The Morgan fingerprint density at radius 2 is 1.93 bits per heavy atom. The molecule has 4 nitrogen and oxygen atoms in total. The zero-order chi connectivity index (χ0) is 20.5. The predicted octanol–water partition coefficient (Wildman–Crippen LogP) is 5.22. The molecule has 156 valence electrons. The van der Waals surface area contributed by atoms with Crippen LogP contribution < -0.4 is 5.32 Å². The minimum Gasteiger partial charge on any atom is -0.351 e. The van der Waals surface area contributed by atoms with Crippen molar-refractivity contribution in [2.45, 2.75) is 63.6 Å². The second kappa shape index (κ2) is 8.27. The Morgan fingerprint density at radius 3 is 2.80 bits per heavy atom. The van der Waals surface area contributed by atoms with E-state index in [-0.39, 0.29) is 5.91 Å². The molecule has 2 aromatic carbocycles. The van der Waals surface area contributed by atoms with E-state index >= 15 is 0 Å². The predicted molar refractivity (Wildman–Crippen MR) is 122 cm³/mol. The standard InChI is InChI=1S/C26H31N3O/c1-2-29(26(30)25-16-19-9-4-6-13-23(19)28-25)21-11-7-10-20(17-21)27-24-15-14-18-8-3-5-12-22(18)24/h3-6,8-9,12-13,16,20-21,24,27-28H,2,7,10-11,14-15,17H2,1H3/t20-,21-,24-/m0/s1. The molecular weight excluding hydrogens is 370 g/mol. The lowest BCUT2D eigenvalue weighted by Crippen LogP contribution is -2.47. The first kappa shape index (κ1) is 19.4. The van der Waals surface area contributed by atoms with Gasteiger partial charge in [-0.2, -0.15) is 0 Å². The lowest BCUT2D eigenvalue weighted by Gasteiger charge is -2.38. The van der Waals surface area contributed by atoms with Crippen molar-refractivity contribution in [2.75, 3.05) is 6.54 Å². The summed E-state index contributed by atoms with van der Waals surface area (Å²) in [7, 11) is 0. The number of amides is 1. The molecule has 1 amide bonds. The Hall–Kier alpha value is -2.59. The van der Waals surface area contributed by atoms with Gasteiger partial charge in [-0.15, -0.1) is 0 Å². The van der Waals surface area contributed by atoms with Crippen molar-refractivity contribution < 1.29 is 4.79 Å². The lowest BCUT2D eigenvalue weighted by molar-refractivity contribution is 0.0620. The van der Waals surface area contributed by atoms with E-state index in [1.54, 1.807) is 0 Å². The van der Waals surface area contributed by atoms with E-state index < -0.39 is 0 Å². The number of carbonyl (C=O) groups excluding carboxylic acids is 1.